The van der Waals surface area contributed by atoms with Gasteiger partial charge in [-0.3, -0.25) is 0 Å². The van der Waals surface area contributed by atoms with Gasteiger partial charge in [-0.15, -0.1) is 12.6 Å². The lowest BCUT2D eigenvalue weighted by Gasteiger charge is -2.29. The van der Waals surface area contributed by atoms with Gasteiger partial charge in [-0.25, -0.2) is 0 Å². The van der Waals surface area contributed by atoms with Gasteiger partial charge < -0.3 is 10.2 Å². The van der Waals surface area contributed by atoms with Crippen LogP contribution in [0.2, 0.25) is 0 Å². The number of piperazine rings is 1. The summed E-state index contributed by atoms with van der Waals surface area (Å²) in [6.45, 7) is 12.9. The van der Waals surface area contributed by atoms with E-state index >= 15 is 0 Å². The lowest BCUT2D eigenvalue weighted by Crippen LogP contribution is -2.43. The molecule has 0 aromatic heterocycles. The molecule has 0 spiro atoms. The van der Waals surface area contributed by atoms with Crippen molar-refractivity contribution in [2.75, 3.05) is 32.7 Å². The van der Waals surface area contributed by atoms with Gasteiger partial charge in [-0.1, -0.05) is 12.5 Å². The van der Waals surface area contributed by atoms with Crippen LogP contribution in [0.15, 0.2) is 21.6 Å². The summed E-state index contributed by atoms with van der Waals surface area (Å²) < 4.78 is 0. The standard InChI is InChI=1S/C18H32N2S/c1-14(2)16(18-15(3)6-4-8-17(18)21)7-5-11-20-12-9-19-10-13-20/h15,19,21H,4-13H2,1-3H3. The molecule has 1 heterocycles. The summed E-state index contributed by atoms with van der Waals surface area (Å²) in [5.41, 5.74) is 4.66. The fourth-order valence-electron chi connectivity index (χ4n) is 3.68. The molecule has 1 aliphatic carbocycles. The zero-order valence-electron chi connectivity index (χ0n) is 14.0. The van der Waals surface area contributed by atoms with E-state index in [9.17, 15) is 0 Å². The molecular weight excluding hydrogens is 276 g/mol. The smallest absolute Gasteiger partial charge is 0.0107 e. The first-order valence-electron chi connectivity index (χ1n) is 8.61. The molecule has 1 N–H and O–H groups in total. The summed E-state index contributed by atoms with van der Waals surface area (Å²) in [6, 6.07) is 0. The first-order valence-corrected chi connectivity index (χ1v) is 9.06. The zero-order chi connectivity index (χ0) is 15.2. The largest absolute Gasteiger partial charge is 0.314 e. The third-order valence-electron chi connectivity index (χ3n) is 4.89. The van der Waals surface area contributed by atoms with Gasteiger partial charge in [-0.2, -0.15) is 0 Å². The third kappa shape index (κ3) is 4.87. The first-order chi connectivity index (χ1) is 10.1. The van der Waals surface area contributed by atoms with Crippen molar-refractivity contribution in [1.82, 2.24) is 10.2 Å². The number of thiol groups is 1. The molecule has 0 aromatic carbocycles. The highest BCUT2D eigenvalue weighted by Crippen LogP contribution is 2.38. The average Bonchev–Trinajstić information content (AvgIpc) is 2.46. The van der Waals surface area contributed by atoms with Gasteiger partial charge in [0.2, 0.25) is 0 Å². The second-order valence-corrected chi connectivity index (χ2v) is 7.37. The first kappa shape index (κ1) is 17.1. The van der Waals surface area contributed by atoms with Crippen molar-refractivity contribution in [2.45, 2.75) is 52.9 Å². The minimum Gasteiger partial charge on any atom is -0.314 e. The normalized spacial score (nSPS) is 24.3. The molecule has 1 fully saturated rings. The molecule has 2 rings (SSSR count). The molecule has 1 unspecified atom stereocenters. The van der Waals surface area contributed by atoms with E-state index in [1.807, 2.05) is 0 Å². The lowest BCUT2D eigenvalue weighted by molar-refractivity contribution is 0.238. The highest BCUT2D eigenvalue weighted by atomic mass is 32.1. The Morgan fingerprint density at radius 3 is 2.62 bits per heavy atom. The van der Waals surface area contributed by atoms with Crippen LogP contribution >= 0.6 is 12.6 Å². The number of nitrogens with zero attached hydrogens (tertiary/aromatic N) is 1. The Morgan fingerprint density at radius 1 is 1.29 bits per heavy atom. The molecular formula is C18H32N2S. The molecule has 0 saturated carbocycles. The van der Waals surface area contributed by atoms with Crippen LogP contribution in [0.25, 0.3) is 0 Å². The molecule has 1 aliphatic heterocycles. The fraction of sp³-hybridized carbons (Fsp3) is 0.778. The molecule has 0 amide bonds. The quantitative estimate of drug-likeness (QED) is 0.746. The van der Waals surface area contributed by atoms with Gasteiger partial charge in [-0.05, 0) is 74.5 Å². The van der Waals surface area contributed by atoms with Gasteiger partial charge in [0.1, 0.15) is 0 Å². The summed E-state index contributed by atoms with van der Waals surface area (Å²) in [6.07, 6.45) is 6.30. The van der Waals surface area contributed by atoms with Crippen LogP contribution in [0.4, 0.5) is 0 Å². The summed E-state index contributed by atoms with van der Waals surface area (Å²) in [4.78, 5) is 3.95. The molecule has 0 bridgehead atoms. The van der Waals surface area contributed by atoms with Crippen LogP contribution in [0.3, 0.4) is 0 Å². The van der Waals surface area contributed by atoms with Crippen LogP contribution in [-0.4, -0.2) is 37.6 Å². The Balaban J connectivity index is 1.95. The van der Waals surface area contributed by atoms with Crippen LogP contribution in [0.1, 0.15) is 52.9 Å². The van der Waals surface area contributed by atoms with Crippen LogP contribution < -0.4 is 5.32 Å². The molecule has 0 radical (unpaired) electrons. The summed E-state index contributed by atoms with van der Waals surface area (Å²) in [5.74, 6) is 0.690. The molecule has 1 saturated heterocycles. The number of nitrogens with one attached hydrogen (secondary N) is 1. The Morgan fingerprint density at radius 2 is 2.00 bits per heavy atom. The van der Waals surface area contributed by atoms with Crippen LogP contribution in [-0.2, 0) is 0 Å². The number of allylic oxidation sites excluding steroid dienone is 4. The lowest BCUT2D eigenvalue weighted by atomic mass is 9.81. The van der Waals surface area contributed by atoms with E-state index in [-0.39, 0.29) is 0 Å². The van der Waals surface area contributed by atoms with E-state index in [1.54, 1.807) is 11.1 Å². The maximum atomic E-state index is 4.80. The average molecular weight is 309 g/mol. The number of hydrogen-bond donors (Lipinski definition) is 2. The van der Waals surface area contributed by atoms with E-state index in [0.717, 1.165) is 13.1 Å². The molecule has 1 atom stereocenters. The fourth-order valence-corrected chi connectivity index (χ4v) is 4.19. The van der Waals surface area contributed by atoms with E-state index in [4.69, 9.17) is 12.6 Å². The highest BCUT2D eigenvalue weighted by Gasteiger charge is 2.21. The van der Waals surface area contributed by atoms with Gasteiger partial charge in [0.05, 0.1) is 0 Å². The second-order valence-electron chi connectivity index (χ2n) is 6.83. The number of rotatable bonds is 5. The summed E-state index contributed by atoms with van der Waals surface area (Å²) in [5, 5.41) is 3.43. The van der Waals surface area contributed by atoms with Gasteiger partial charge in [0.25, 0.3) is 0 Å². The molecule has 0 aromatic rings. The van der Waals surface area contributed by atoms with Gasteiger partial charge >= 0.3 is 0 Å². The van der Waals surface area contributed by atoms with E-state index < -0.39 is 0 Å². The number of hydrogen-bond acceptors (Lipinski definition) is 3. The topological polar surface area (TPSA) is 15.3 Å². The molecule has 120 valence electrons. The SMILES string of the molecule is CC(C)=C(CCCN1CCNCC1)C1=C(S)CCCC1C. The predicted octanol–water partition coefficient (Wildman–Crippen LogP) is 4.01. The zero-order valence-corrected chi connectivity index (χ0v) is 14.9. The van der Waals surface area contributed by atoms with Crippen LogP contribution in [0.5, 0.6) is 0 Å². The molecule has 2 nitrogen and oxygen atoms in total. The molecule has 3 heteroatoms. The van der Waals surface area contributed by atoms with Crippen molar-refractivity contribution >= 4 is 12.6 Å². The maximum absolute atomic E-state index is 4.80. The van der Waals surface area contributed by atoms with E-state index in [0.29, 0.717) is 5.92 Å². The Kier molecular flexibility index (Phi) is 6.84. The van der Waals surface area contributed by atoms with Gasteiger partial charge in [0, 0.05) is 26.2 Å². The van der Waals surface area contributed by atoms with Gasteiger partial charge in [0.15, 0.2) is 0 Å². The van der Waals surface area contributed by atoms with Crippen molar-refractivity contribution < 1.29 is 0 Å². The monoisotopic (exact) mass is 308 g/mol. The Labute approximate surface area is 136 Å². The van der Waals surface area contributed by atoms with Crippen molar-refractivity contribution in [2.24, 2.45) is 5.92 Å². The Hall–Kier alpha value is -0.250. The van der Waals surface area contributed by atoms with E-state index in [2.05, 4.69) is 31.0 Å². The van der Waals surface area contributed by atoms with Crippen molar-refractivity contribution in [3.8, 4) is 0 Å². The Bertz CT molecular complexity index is 401. The maximum Gasteiger partial charge on any atom is 0.0107 e. The minimum absolute atomic E-state index is 0.690. The van der Waals surface area contributed by atoms with Crippen molar-refractivity contribution in [3.05, 3.63) is 21.6 Å². The van der Waals surface area contributed by atoms with E-state index in [1.165, 1.54) is 62.2 Å². The van der Waals surface area contributed by atoms with Crippen molar-refractivity contribution in [3.63, 3.8) is 0 Å². The van der Waals surface area contributed by atoms with Crippen LogP contribution in [0, 0.1) is 5.92 Å². The van der Waals surface area contributed by atoms with Crippen molar-refractivity contribution in [1.29, 1.82) is 0 Å². The third-order valence-corrected chi connectivity index (χ3v) is 5.36. The highest BCUT2D eigenvalue weighted by molar-refractivity contribution is 7.84. The summed E-state index contributed by atoms with van der Waals surface area (Å²) >= 11 is 4.80. The summed E-state index contributed by atoms with van der Waals surface area (Å²) in [7, 11) is 0. The predicted molar refractivity (Wildman–Crippen MR) is 95.9 cm³/mol. The molecule has 2 aliphatic rings. The molecule has 21 heavy (non-hydrogen) atoms. The minimum atomic E-state index is 0.690. The second kappa shape index (κ2) is 8.40.